The number of aliphatic hydroxyl groups is 1. The lowest BCUT2D eigenvalue weighted by atomic mass is 10.2. The molecule has 0 aliphatic rings. The van der Waals surface area contributed by atoms with Gasteiger partial charge in [0, 0.05) is 17.9 Å². The average molecular weight is 395 g/mol. The van der Waals surface area contributed by atoms with Crippen LogP contribution < -0.4 is 16.3 Å². The summed E-state index contributed by atoms with van der Waals surface area (Å²) in [7, 11) is 0. The maximum atomic E-state index is 12.7. The number of nitrogen functional groups attached to an aromatic ring is 1. The fourth-order valence-corrected chi connectivity index (χ4v) is 3.11. The summed E-state index contributed by atoms with van der Waals surface area (Å²) in [6.45, 7) is 2.23. The van der Waals surface area contributed by atoms with Crippen molar-refractivity contribution in [3.63, 3.8) is 0 Å². The van der Waals surface area contributed by atoms with E-state index in [0.717, 1.165) is 9.36 Å². The second-order valence-corrected chi connectivity index (χ2v) is 6.23. The maximum Gasteiger partial charge on any atom is 0.372 e. The SMILES string of the molecule is CCN(c1cccc(N)c1)C(O)n1nnn(-c2c(Cl)cccc2Cl)c1=O. The Morgan fingerprint density at radius 1 is 1.19 bits per heavy atom. The van der Waals surface area contributed by atoms with Crippen LogP contribution in [0, 0.1) is 0 Å². The molecule has 1 unspecified atom stereocenters. The van der Waals surface area contributed by atoms with Crippen LogP contribution in [-0.4, -0.2) is 31.4 Å². The van der Waals surface area contributed by atoms with E-state index in [-0.39, 0.29) is 15.7 Å². The molecule has 26 heavy (non-hydrogen) atoms. The van der Waals surface area contributed by atoms with Crippen molar-refractivity contribution in [2.75, 3.05) is 17.2 Å². The van der Waals surface area contributed by atoms with Crippen LogP contribution in [0.25, 0.3) is 5.69 Å². The maximum absolute atomic E-state index is 12.7. The normalized spacial score (nSPS) is 12.2. The van der Waals surface area contributed by atoms with Crippen molar-refractivity contribution in [3.8, 4) is 5.69 Å². The van der Waals surface area contributed by atoms with E-state index in [1.165, 1.54) is 0 Å². The lowest BCUT2D eigenvalue weighted by molar-refractivity contribution is 0.0814. The Bertz CT molecular complexity index is 967. The Balaban J connectivity index is 2.03. The standard InChI is InChI=1S/C16H16Cl2N6O2/c1-2-22(11-6-3-5-10(19)9-11)15(25)24-16(26)23(20-21-24)14-12(17)7-4-8-13(14)18/h3-9,15,25H,2,19H2,1H3. The van der Waals surface area contributed by atoms with Crippen LogP contribution in [0.15, 0.2) is 47.3 Å². The lowest BCUT2D eigenvalue weighted by Gasteiger charge is -2.27. The summed E-state index contributed by atoms with van der Waals surface area (Å²) in [6, 6.07) is 11.7. The Hall–Kier alpha value is -2.55. The van der Waals surface area contributed by atoms with Gasteiger partial charge >= 0.3 is 5.69 Å². The zero-order valence-electron chi connectivity index (χ0n) is 13.8. The van der Waals surface area contributed by atoms with Crippen LogP contribution in [0.5, 0.6) is 0 Å². The topological polar surface area (TPSA) is 102 Å². The van der Waals surface area contributed by atoms with Gasteiger partial charge < -0.3 is 15.7 Å². The fraction of sp³-hybridized carbons (Fsp3) is 0.188. The number of rotatable bonds is 5. The van der Waals surface area contributed by atoms with Gasteiger partial charge in [-0.1, -0.05) is 35.3 Å². The molecule has 3 aromatic rings. The van der Waals surface area contributed by atoms with Crippen LogP contribution in [0.4, 0.5) is 11.4 Å². The lowest BCUT2D eigenvalue weighted by Crippen LogP contribution is -2.39. The first-order chi connectivity index (χ1) is 12.4. The smallest absolute Gasteiger partial charge is 0.372 e. The number of hydrogen-bond donors (Lipinski definition) is 2. The molecule has 0 aliphatic carbocycles. The van der Waals surface area contributed by atoms with Crippen LogP contribution in [0.3, 0.4) is 0 Å². The molecule has 0 amide bonds. The van der Waals surface area contributed by atoms with E-state index in [2.05, 4.69) is 10.4 Å². The number of anilines is 2. The predicted octanol–water partition coefficient (Wildman–Crippen LogP) is 2.29. The van der Waals surface area contributed by atoms with Crippen LogP contribution >= 0.6 is 23.2 Å². The van der Waals surface area contributed by atoms with Gasteiger partial charge in [0.1, 0.15) is 5.69 Å². The van der Waals surface area contributed by atoms with Gasteiger partial charge in [0.05, 0.1) is 10.0 Å². The first-order valence-electron chi connectivity index (χ1n) is 7.73. The molecule has 3 rings (SSSR count). The molecule has 2 aromatic carbocycles. The molecule has 0 saturated carbocycles. The summed E-state index contributed by atoms with van der Waals surface area (Å²) in [5.41, 5.74) is 6.48. The molecule has 1 heterocycles. The van der Waals surface area contributed by atoms with Crippen molar-refractivity contribution < 1.29 is 5.11 Å². The van der Waals surface area contributed by atoms with E-state index in [1.807, 2.05) is 6.92 Å². The Kier molecular flexibility index (Phi) is 5.17. The Morgan fingerprint density at radius 3 is 2.46 bits per heavy atom. The van der Waals surface area contributed by atoms with Crippen molar-refractivity contribution in [1.29, 1.82) is 0 Å². The molecular weight excluding hydrogens is 379 g/mol. The van der Waals surface area contributed by atoms with Gasteiger partial charge in [-0.2, -0.15) is 4.68 Å². The van der Waals surface area contributed by atoms with E-state index >= 15 is 0 Å². The van der Waals surface area contributed by atoms with Gasteiger partial charge in [-0.05, 0) is 47.7 Å². The van der Waals surface area contributed by atoms with E-state index < -0.39 is 12.0 Å². The van der Waals surface area contributed by atoms with Crippen molar-refractivity contribution in [1.82, 2.24) is 19.8 Å². The quantitative estimate of drug-likeness (QED) is 0.508. The van der Waals surface area contributed by atoms with E-state index in [9.17, 15) is 9.90 Å². The largest absolute Gasteiger partial charge is 0.399 e. The number of benzene rings is 2. The third-order valence-corrected chi connectivity index (χ3v) is 4.40. The van der Waals surface area contributed by atoms with Gasteiger partial charge in [0.15, 0.2) is 0 Å². The second-order valence-electron chi connectivity index (χ2n) is 5.42. The van der Waals surface area contributed by atoms with E-state index in [0.29, 0.717) is 17.9 Å². The highest BCUT2D eigenvalue weighted by Crippen LogP contribution is 2.27. The number of aliphatic hydroxyl groups excluding tert-OH is 1. The number of para-hydroxylation sites is 1. The third kappa shape index (κ3) is 3.26. The fourth-order valence-electron chi connectivity index (χ4n) is 2.55. The van der Waals surface area contributed by atoms with Crippen LogP contribution in [0.2, 0.25) is 10.0 Å². The summed E-state index contributed by atoms with van der Waals surface area (Å²) >= 11 is 12.2. The average Bonchev–Trinajstić information content (AvgIpc) is 2.97. The molecule has 136 valence electrons. The first-order valence-corrected chi connectivity index (χ1v) is 8.48. The summed E-state index contributed by atoms with van der Waals surface area (Å²) in [5, 5.41) is 18.7. The highest BCUT2D eigenvalue weighted by atomic mass is 35.5. The van der Waals surface area contributed by atoms with E-state index in [4.69, 9.17) is 28.9 Å². The highest BCUT2D eigenvalue weighted by molar-refractivity contribution is 6.37. The molecule has 3 N–H and O–H groups in total. The number of tetrazole rings is 1. The minimum Gasteiger partial charge on any atom is -0.399 e. The molecular formula is C16H16Cl2N6O2. The minimum absolute atomic E-state index is 0.200. The minimum atomic E-state index is -1.38. The molecule has 1 atom stereocenters. The second kappa shape index (κ2) is 7.36. The monoisotopic (exact) mass is 394 g/mol. The van der Waals surface area contributed by atoms with Crippen LogP contribution in [0.1, 0.15) is 13.3 Å². The van der Waals surface area contributed by atoms with Gasteiger partial charge in [-0.25, -0.2) is 4.79 Å². The molecule has 8 nitrogen and oxygen atoms in total. The molecule has 0 spiro atoms. The molecule has 0 saturated heterocycles. The zero-order valence-corrected chi connectivity index (χ0v) is 15.3. The van der Waals surface area contributed by atoms with Gasteiger partial charge in [0.25, 0.3) is 0 Å². The summed E-state index contributed by atoms with van der Waals surface area (Å²) in [6.07, 6.45) is -1.38. The van der Waals surface area contributed by atoms with Crippen LogP contribution in [-0.2, 0) is 0 Å². The summed E-state index contributed by atoms with van der Waals surface area (Å²) < 4.78 is 1.79. The molecule has 0 radical (unpaired) electrons. The number of aromatic nitrogens is 4. The number of hydrogen-bond acceptors (Lipinski definition) is 6. The zero-order chi connectivity index (χ0) is 18.8. The summed E-state index contributed by atoms with van der Waals surface area (Å²) in [4.78, 5) is 14.3. The van der Waals surface area contributed by atoms with E-state index in [1.54, 1.807) is 47.4 Å². The van der Waals surface area contributed by atoms with Crippen molar-refractivity contribution in [2.45, 2.75) is 13.3 Å². The highest BCUT2D eigenvalue weighted by Gasteiger charge is 2.23. The molecule has 0 aliphatic heterocycles. The molecule has 0 fully saturated rings. The van der Waals surface area contributed by atoms with Gasteiger partial charge in [0.2, 0.25) is 6.35 Å². The number of nitrogens with zero attached hydrogens (tertiary/aromatic N) is 5. The predicted molar refractivity (Wildman–Crippen MR) is 101 cm³/mol. The van der Waals surface area contributed by atoms with Gasteiger partial charge in [-0.3, -0.25) is 0 Å². The molecule has 0 bridgehead atoms. The van der Waals surface area contributed by atoms with Gasteiger partial charge in [-0.15, -0.1) is 4.68 Å². The molecule has 10 heteroatoms. The third-order valence-electron chi connectivity index (χ3n) is 3.79. The van der Waals surface area contributed by atoms with Crippen molar-refractivity contribution in [2.24, 2.45) is 0 Å². The number of nitrogens with two attached hydrogens (primary N) is 1. The summed E-state index contributed by atoms with van der Waals surface area (Å²) in [5.74, 6) is 0. The Morgan fingerprint density at radius 2 is 1.85 bits per heavy atom. The number of halogens is 2. The molecule has 1 aromatic heterocycles. The first kappa shape index (κ1) is 18.2. The van der Waals surface area contributed by atoms with Crippen molar-refractivity contribution in [3.05, 3.63) is 63.0 Å². The Labute approximate surface area is 158 Å². The van der Waals surface area contributed by atoms with Crippen molar-refractivity contribution >= 4 is 34.6 Å².